The van der Waals surface area contributed by atoms with Crippen molar-refractivity contribution in [1.29, 1.82) is 0 Å². The first-order valence-corrected chi connectivity index (χ1v) is 9.48. The lowest BCUT2D eigenvalue weighted by Gasteiger charge is -2.33. The average molecular weight is 375 g/mol. The van der Waals surface area contributed by atoms with Crippen molar-refractivity contribution in [2.24, 2.45) is 5.73 Å². The molecule has 156 valence electrons. The predicted octanol–water partition coefficient (Wildman–Crippen LogP) is 3.48. The van der Waals surface area contributed by atoms with Gasteiger partial charge in [-0.25, -0.2) is 4.79 Å². The Kier molecular flexibility index (Phi) is 9.58. The van der Waals surface area contributed by atoms with Crippen molar-refractivity contribution in [1.82, 2.24) is 5.32 Å². The lowest BCUT2D eigenvalue weighted by molar-refractivity contribution is 0.00938. The number of hydrogen-bond acceptors (Lipinski definition) is 5. The summed E-state index contributed by atoms with van der Waals surface area (Å²) in [5, 5.41) is 22.0. The first kappa shape index (κ1) is 25.1. The fraction of sp³-hybridized carbons (Fsp3) is 0.950. The van der Waals surface area contributed by atoms with Gasteiger partial charge in [-0.2, -0.15) is 0 Å². The highest BCUT2D eigenvalue weighted by Gasteiger charge is 2.30. The van der Waals surface area contributed by atoms with Crippen molar-refractivity contribution in [3.05, 3.63) is 0 Å². The van der Waals surface area contributed by atoms with Crippen LogP contribution in [-0.2, 0) is 4.74 Å². The molecule has 6 nitrogen and oxygen atoms in total. The Morgan fingerprint density at radius 3 is 1.73 bits per heavy atom. The number of aliphatic hydroxyl groups is 2. The molecule has 2 aliphatic carbocycles. The van der Waals surface area contributed by atoms with Gasteiger partial charge in [0.1, 0.15) is 5.60 Å². The fourth-order valence-corrected chi connectivity index (χ4v) is 3.12. The molecule has 0 aliphatic heterocycles. The lowest BCUT2D eigenvalue weighted by atomic mass is 9.84. The quantitative estimate of drug-likeness (QED) is 0.562. The molecular weight excluding hydrogens is 332 g/mol. The molecule has 0 saturated heterocycles. The van der Waals surface area contributed by atoms with E-state index in [1.54, 1.807) is 0 Å². The maximum atomic E-state index is 11.5. The van der Waals surface area contributed by atoms with Crippen LogP contribution >= 0.6 is 0 Å². The molecule has 2 aliphatic rings. The first-order chi connectivity index (χ1) is 11.3. The standard InChI is InChI=1S/C12H23NO3.C7H15NO.CH4/c1-11(2,3)16-10(14)13-9-5-7-12(4,15)8-6-9;1-7(9)4-2-6(8)3-5-7;/h9,15H,5-8H2,1-4H3,(H,13,14);6,9H,2-5,8H2,1H3;1H4. The Balaban J connectivity index is 0.000000532. The van der Waals surface area contributed by atoms with E-state index in [-0.39, 0.29) is 19.6 Å². The van der Waals surface area contributed by atoms with Gasteiger partial charge in [0.05, 0.1) is 11.2 Å². The number of hydrogen-bond donors (Lipinski definition) is 4. The van der Waals surface area contributed by atoms with Gasteiger partial charge >= 0.3 is 6.09 Å². The van der Waals surface area contributed by atoms with Gasteiger partial charge in [0.2, 0.25) is 0 Å². The molecule has 2 rings (SSSR count). The Hall–Kier alpha value is -0.850. The smallest absolute Gasteiger partial charge is 0.407 e. The predicted molar refractivity (Wildman–Crippen MR) is 106 cm³/mol. The van der Waals surface area contributed by atoms with E-state index >= 15 is 0 Å². The number of carbonyl (C=O) groups excluding carboxylic acids is 1. The van der Waals surface area contributed by atoms with Crippen LogP contribution in [0.1, 0.15) is 93.4 Å². The Morgan fingerprint density at radius 1 is 1.00 bits per heavy atom. The summed E-state index contributed by atoms with van der Waals surface area (Å²) in [6.45, 7) is 9.27. The summed E-state index contributed by atoms with van der Waals surface area (Å²) in [6.07, 6.45) is 6.42. The van der Waals surface area contributed by atoms with Gasteiger partial charge in [-0.05, 0) is 86.0 Å². The van der Waals surface area contributed by atoms with Crippen LogP contribution in [0.15, 0.2) is 0 Å². The molecule has 5 N–H and O–H groups in total. The van der Waals surface area contributed by atoms with E-state index in [9.17, 15) is 15.0 Å². The molecule has 0 atom stereocenters. The summed E-state index contributed by atoms with van der Waals surface area (Å²) in [7, 11) is 0. The first-order valence-electron chi connectivity index (χ1n) is 9.48. The minimum atomic E-state index is -0.563. The van der Waals surface area contributed by atoms with E-state index in [2.05, 4.69) is 5.32 Å². The number of amides is 1. The summed E-state index contributed by atoms with van der Waals surface area (Å²) in [5.74, 6) is 0. The molecule has 2 fully saturated rings. The number of rotatable bonds is 1. The number of carbonyl (C=O) groups is 1. The van der Waals surface area contributed by atoms with Crippen LogP contribution in [-0.4, -0.2) is 45.2 Å². The molecule has 0 aromatic carbocycles. The van der Waals surface area contributed by atoms with Crippen LogP contribution in [0.2, 0.25) is 0 Å². The average Bonchev–Trinajstić information content (AvgIpc) is 2.43. The van der Waals surface area contributed by atoms with Crippen LogP contribution in [0, 0.1) is 0 Å². The van der Waals surface area contributed by atoms with E-state index in [4.69, 9.17) is 10.5 Å². The summed E-state index contributed by atoms with van der Waals surface area (Å²) in [6, 6.07) is 0.472. The zero-order valence-corrected chi connectivity index (χ0v) is 16.6. The van der Waals surface area contributed by atoms with Crippen LogP contribution < -0.4 is 11.1 Å². The van der Waals surface area contributed by atoms with Crippen LogP contribution in [0.4, 0.5) is 4.79 Å². The molecule has 0 spiro atoms. The lowest BCUT2D eigenvalue weighted by Crippen LogP contribution is -2.44. The van der Waals surface area contributed by atoms with E-state index < -0.39 is 16.8 Å². The summed E-state index contributed by atoms with van der Waals surface area (Å²) in [5.41, 5.74) is 4.21. The summed E-state index contributed by atoms with van der Waals surface area (Å²) < 4.78 is 5.18. The third-order valence-corrected chi connectivity index (χ3v) is 4.89. The zero-order valence-electron chi connectivity index (χ0n) is 16.6. The second kappa shape index (κ2) is 9.90. The molecule has 6 heteroatoms. The minimum absolute atomic E-state index is 0. The van der Waals surface area contributed by atoms with Crippen molar-refractivity contribution >= 4 is 6.09 Å². The number of ether oxygens (including phenoxy) is 1. The van der Waals surface area contributed by atoms with Crippen molar-refractivity contribution in [2.45, 2.75) is 122 Å². The van der Waals surface area contributed by atoms with E-state index in [0.717, 1.165) is 51.4 Å². The summed E-state index contributed by atoms with van der Waals surface area (Å²) in [4.78, 5) is 11.5. The van der Waals surface area contributed by atoms with Gasteiger partial charge in [0.15, 0.2) is 0 Å². The minimum Gasteiger partial charge on any atom is -0.444 e. The molecule has 26 heavy (non-hydrogen) atoms. The van der Waals surface area contributed by atoms with E-state index in [1.165, 1.54) is 0 Å². The molecule has 0 unspecified atom stereocenters. The van der Waals surface area contributed by atoms with Crippen LogP contribution in [0.5, 0.6) is 0 Å². The van der Waals surface area contributed by atoms with Gasteiger partial charge in [0, 0.05) is 12.1 Å². The molecular formula is C20H42N2O4. The molecule has 1 amide bonds. The third-order valence-electron chi connectivity index (χ3n) is 4.89. The van der Waals surface area contributed by atoms with Gasteiger partial charge < -0.3 is 26.0 Å². The van der Waals surface area contributed by atoms with Gasteiger partial charge in [-0.3, -0.25) is 0 Å². The van der Waals surface area contributed by atoms with Crippen LogP contribution in [0.3, 0.4) is 0 Å². The highest BCUT2D eigenvalue weighted by molar-refractivity contribution is 5.68. The second-order valence-electron chi connectivity index (χ2n) is 9.25. The number of nitrogens with two attached hydrogens (primary N) is 1. The van der Waals surface area contributed by atoms with Crippen molar-refractivity contribution in [2.75, 3.05) is 0 Å². The summed E-state index contributed by atoms with van der Waals surface area (Å²) >= 11 is 0. The highest BCUT2D eigenvalue weighted by Crippen LogP contribution is 2.28. The van der Waals surface area contributed by atoms with Crippen molar-refractivity contribution < 1.29 is 19.7 Å². The topological polar surface area (TPSA) is 105 Å². The fourth-order valence-electron chi connectivity index (χ4n) is 3.12. The monoisotopic (exact) mass is 374 g/mol. The molecule has 2 saturated carbocycles. The molecule has 0 aromatic heterocycles. The molecule has 0 bridgehead atoms. The number of nitrogens with one attached hydrogen (secondary N) is 1. The van der Waals surface area contributed by atoms with Gasteiger partial charge in [0.25, 0.3) is 0 Å². The van der Waals surface area contributed by atoms with Crippen molar-refractivity contribution in [3.8, 4) is 0 Å². The van der Waals surface area contributed by atoms with Crippen LogP contribution in [0.25, 0.3) is 0 Å². The second-order valence-corrected chi connectivity index (χ2v) is 9.25. The molecule has 0 aromatic rings. The normalized spacial score (nSPS) is 34.6. The van der Waals surface area contributed by atoms with E-state index in [0.29, 0.717) is 6.04 Å². The highest BCUT2D eigenvalue weighted by atomic mass is 16.6. The molecule has 0 heterocycles. The molecule has 0 radical (unpaired) electrons. The Bertz CT molecular complexity index is 410. The largest absolute Gasteiger partial charge is 0.444 e. The maximum absolute atomic E-state index is 11.5. The Morgan fingerprint density at radius 2 is 1.38 bits per heavy atom. The van der Waals surface area contributed by atoms with Crippen molar-refractivity contribution in [3.63, 3.8) is 0 Å². The maximum Gasteiger partial charge on any atom is 0.407 e. The van der Waals surface area contributed by atoms with Gasteiger partial charge in [-0.15, -0.1) is 0 Å². The Labute approximate surface area is 159 Å². The number of alkyl carbamates (subject to hydrolysis) is 1. The SMILES string of the molecule is C.CC1(O)CCC(N)CC1.CC1(O)CCC(NC(=O)OC(C)(C)C)CC1. The van der Waals surface area contributed by atoms with Gasteiger partial charge in [-0.1, -0.05) is 7.43 Å². The third kappa shape index (κ3) is 11.0. The zero-order chi connectivity index (χ0) is 19.3. The van der Waals surface area contributed by atoms with E-state index in [1.807, 2.05) is 34.6 Å².